The molecular weight excluding hydrogens is 199 g/mol. The molecular formula is C8H16Cl2O2. The summed E-state index contributed by atoms with van der Waals surface area (Å²) in [6.45, 7) is 7.59. The highest BCUT2D eigenvalue weighted by molar-refractivity contribution is 6.28. The molecule has 0 aliphatic carbocycles. The van der Waals surface area contributed by atoms with Gasteiger partial charge in [-0.2, -0.15) is 0 Å². The third kappa shape index (κ3) is 6.06. The fraction of sp³-hybridized carbons (Fsp3) is 1.00. The molecule has 0 radical (unpaired) electrons. The van der Waals surface area contributed by atoms with E-state index in [2.05, 4.69) is 0 Å². The monoisotopic (exact) mass is 214 g/mol. The van der Waals surface area contributed by atoms with Gasteiger partial charge in [-0.15, -0.1) is 0 Å². The molecule has 0 spiro atoms. The number of hydrogen-bond acceptors (Lipinski definition) is 2. The SMILES string of the molecule is CC(C)OC(Cl)C(Cl)OC(C)C. The van der Waals surface area contributed by atoms with Crippen molar-refractivity contribution in [2.45, 2.75) is 51.0 Å². The smallest absolute Gasteiger partial charge is 0.171 e. The summed E-state index contributed by atoms with van der Waals surface area (Å²) in [5.41, 5.74) is -1.18. The highest BCUT2D eigenvalue weighted by Crippen LogP contribution is 2.16. The molecule has 0 rings (SSSR count). The van der Waals surface area contributed by atoms with E-state index in [0.717, 1.165) is 0 Å². The summed E-state index contributed by atoms with van der Waals surface area (Å²) < 4.78 is 10.4. The van der Waals surface area contributed by atoms with Gasteiger partial charge in [0.15, 0.2) is 11.1 Å². The Hall–Kier alpha value is 0.500. The molecule has 0 amide bonds. The molecule has 2 atom stereocenters. The first kappa shape index (κ1) is 12.5. The van der Waals surface area contributed by atoms with Crippen LogP contribution < -0.4 is 0 Å². The quantitative estimate of drug-likeness (QED) is 0.656. The van der Waals surface area contributed by atoms with E-state index in [1.54, 1.807) is 0 Å². The van der Waals surface area contributed by atoms with Gasteiger partial charge in [-0.1, -0.05) is 23.2 Å². The molecule has 0 aromatic carbocycles. The number of ether oxygens (including phenoxy) is 2. The van der Waals surface area contributed by atoms with Crippen molar-refractivity contribution in [2.75, 3.05) is 0 Å². The van der Waals surface area contributed by atoms with Gasteiger partial charge >= 0.3 is 0 Å². The second kappa shape index (κ2) is 6.03. The topological polar surface area (TPSA) is 18.5 Å². The van der Waals surface area contributed by atoms with E-state index in [1.807, 2.05) is 27.7 Å². The second-order valence-electron chi connectivity index (χ2n) is 3.07. The number of halogens is 2. The normalized spacial score (nSPS) is 17.0. The van der Waals surface area contributed by atoms with Gasteiger partial charge in [-0.05, 0) is 27.7 Å². The zero-order valence-corrected chi connectivity index (χ0v) is 9.39. The molecule has 2 nitrogen and oxygen atoms in total. The zero-order chi connectivity index (χ0) is 9.72. The minimum Gasteiger partial charge on any atom is -0.356 e. The predicted octanol–water partition coefficient (Wildman–Crippen LogP) is 2.97. The maximum Gasteiger partial charge on any atom is 0.171 e. The molecule has 0 N–H and O–H groups in total. The van der Waals surface area contributed by atoms with Crippen LogP contribution >= 0.6 is 23.2 Å². The molecule has 0 saturated carbocycles. The minimum absolute atomic E-state index is 0.0597. The summed E-state index contributed by atoms with van der Waals surface area (Å²) in [5, 5.41) is 0. The Morgan fingerprint density at radius 2 is 1.00 bits per heavy atom. The van der Waals surface area contributed by atoms with Gasteiger partial charge in [0.1, 0.15) is 0 Å². The van der Waals surface area contributed by atoms with Gasteiger partial charge in [0, 0.05) is 0 Å². The summed E-state index contributed by atoms with van der Waals surface area (Å²) in [5.74, 6) is 0. The summed E-state index contributed by atoms with van der Waals surface area (Å²) >= 11 is 11.6. The van der Waals surface area contributed by atoms with Crippen LogP contribution in [0.4, 0.5) is 0 Å². The van der Waals surface area contributed by atoms with Gasteiger partial charge in [0.05, 0.1) is 12.2 Å². The highest BCUT2D eigenvalue weighted by atomic mass is 35.5. The van der Waals surface area contributed by atoms with Crippen LogP contribution in [0.15, 0.2) is 0 Å². The van der Waals surface area contributed by atoms with Crippen molar-refractivity contribution in [2.24, 2.45) is 0 Å². The summed E-state index contributed by atoms with van der Waals surface area (Å²) in [4.78, 5) is 0. The van der Waals surface area contributed by atoms with Crippen LogP contribution in [-0.4, -0.2) is 23.3 Å². The van der Waals surface area contributed by atoms with E-state index < -0.39 is 11.1 Å². The lowest BCUT2D eigenvalue weighted by Gasteiger charge is -2.21. The highest BCUT2D eigenvalue weighted by Gasteiger charge is 2.19. The first-order valence-corrected chi connectivity index (χ1v) is 4.89. The van der Waals surface area contributed by atoms with Crippen LogP contribution in [0.1, 0.15) is 27.7 Å². The van der Waals surface area contributed by atoms with Gasteiger partial charge in [-0.25, -0.2) is 0 Å². The fourth-order valence-electron chi connectivity index (χ4n) is 0.644. The number of rotatable bonds is 5. The van der Waals surface area contributed by atoms with E-state index in [4.69, 9.17) is 32.7 Å². The third-order valence-electron chi connectivity index (χ3n) is 1.01. The minimum atomic E-state index is -0.589. The molecule has 12 heavy (non-hydrogen) atoms. The van der Waals surface area contributed by atoms with Crippen molar-refractivity contribution in [3.63, 3.8) is 0 Å². The summed E-state index contributed by atoms with van der Waals surface area (Å²) in [7, 11) is 0. The molecule has 4 heteroatoms. The van der Waals surface area contributed by atoms with Crippen molar-refractivity contribution >= 4 is 23.2 Å². The molecule has 0 aromatic heterocycles. The molecule has 2 unspecified atom stereocenters. The van der Waals surface area contributed by atoms with Crippen molar-refractivity contribution in [3.05, 3.63) is 0 Å². The van der Waals surface area contributed by atoms with Crippen LogP contribution in [0.2, 0.25) is 0 Å². The molecule has 0 aromatic rings. The van der Waals surface area contributed by atoms with Gasteiger partial charge in [-0.3, -0.25) is 0 Å². The fourth-order valence-corrected chi connectivity index (χ4v) is 1.17. The first-order chi connectivity index (χ1) is 5.43. The molecule has 0 saturated heterocycles. The predicted molar refractivity (Wildman–Crippen MR) is 51.7 cm³/mol. The average Bonchev–Trinajstić information content (AvgIpc) is 1.84. The van der Waals surface area contributed by atoms with Gasteiger partial charge in [0.2, 0.25) is 0 Å². The van der Waals surface area contributed by atoms with Gasteiger partial charge in [0.25, 0.3) is 0 Å². The van der Waals surface area contributed by atoms with E-state index >= 15 is 0 Å². The Labute approximate surface area is 84.1 Å². The van der Waals surface area contributed by atoms with E-state index in [9.17, 15) is 0 Å². The molecule has 0 aliphatic rings. The standard InChI is InChI=1S/C8H16Cl2O2/c1-5(2)11-7(9)8(10)12-6(3)4/h5-8H,1-4H3. The van der Waals surface area contributed by atoms with E-state index in [0.29, 0.717) is 0 Å². The molecule has 0 fully saturated rings. The largest absolute Gasteiger partial charge is 0.356 e. The van der Waals surface area contributed by atoms with Crippen LogP contribution in [0.5, 0.6) is 0 Å². The summed E-state index contributed by atoms with van der Waals surface area (Å²) in [6.07, 6.45) is 0.119. The van der Waals surface area contributed by atoms with Crippen molar-refractivity contribution in [1.29, 1.82) is 0 Å². The van der Waals surface area contributed by atoms with Crippen molar-refractivity contribution in [3.8, 4) is 0 Å². The Balaban J connectivity index is 3.68. The lowest BCUT2D eigenvalue weighted by Crippen LogP contribution is -2.26. The first-order valence-electron chi connectivity index (χ1n) is 4.02. The Bertz CT molecular complexity index is 104. The average molecular weight is 215 g/mol. The lowest BCUT2D eigenvalue weighted by molar-refractivity contribution is -0.0411. The lowest BCUT2D eigenvalue weighted by atomic mass is 10.5. The number of hydrogen-bond donors (Lipinski definition) is 0. The van der Waals surface area contributed by atoms with Crippen LogP contribution in [0.3, 0.4) is 0 Å². The molecule has 0 aliphatic heterocycles. The molecule has 0 bridgehead atoms. The maximum absolute atomic E-state index is 5.79. The molecule has 74 valence electrons. The third-order valence-corrected chi connectivity index (χ3v) is 1.80. The Kier molecular flexibility index (Phi) is 6.28. The Morgan fingerprint density at radius 1 is 0.750 bits per heavy atom. The van der Waals surface area contributed by atoms with Crippen molar-refractivity contribution < 1.29 is 9.47 Å². The van der Waals surface area contributed by atoms with E-state index in [-0.39, 0.29) is 12.2 Å². The van der Waals surface area contributed by atoms with Gasteiger partial charge < -0.3 is 9.47 Å². The number of alkyl halides is 2. The van der Waals surface area contributed by atoms with Crippen LogP contribution in [0.25, 0.3) is 0 Å². The second-order valence-corrected chi connectivity index (χ2v) is 3.93. The molecule has 0 heterocycles. The summed E-state index contributed by atoms with van der Waals surface area (Å²) in [6, 6.07) is 0. The van der Waals surface area contributed by atoms with Crippen molar-refractivity contribution in [1.82, 2.24) is 0 Å². The van der Waals surface area contributed by atoms with Crippen LogP contribution in [0, 0.1) is 0 Å². The maximum atomic E-state index is 5.79. The zero-order valence-electron chi connectivity index (χ0n) is 7.88. The Morgan fingerprint density at radius 3 is 1.17 bits per heavy atom. The van der Waals surface area contributed by atoms with Crippen LogP contribution in [-0.2, 0) is 9.47 Å². The van der Waals surface area contributed by atoms with E-state index in [1.165, 1.54) is 0 Å².